The Bertz CT molecular complexity index is 1640. The van der Waals surface area contributed by atoms with E-state index in [2.05, 4.69) is 5.32 Å². The summed E-state index contributed by atoms with van der Waals surface area (Å²) in [6.07, 6.45) is 0.161. The van der Waals surface area contributed by atoms with Crippen LogP contribution in [0.5, 0.6) is 0 Å². The van der Waals surface area contributed by atoms with E-state index >= 15 is 0 Å². The van der Waals surface area contributed by atoms with E-state index in [4.69, 9.17) is 23.2 Å². The van der Waals surface area contributed by atoms with Gasteiger partial charge in [-0.2, -0.15) is 0 Å². The van der Waals surface area contributed by atoms with Crippen molar-refractivity contribution in [2.24, 2.45) is 0 Å². The highest BCUT2D eigenvalue weighted by Gasteiger charge is 2.34. The predicted octanol–water partition coefficient (Wildman–Crippen LogP) is 5.71. The highest BCUT2D eigenvalue weighted by Crippen LogP contribution is 2.28. The van der Waals surface area contributed by atoms with Crippen LogP contribution in [-0.4, -0.2) is 44.8 Å². The molecule has 4 aromatic rings. The second-order valence-electron chi connectivity index (χ2n) is 9.41. The molecule has 1 N–H and O–H groups in total. The third kappa shape index (κ3) is 7.67. The van der Waals surface area contributed by atoms with E-state index in [1.165, 1.54) is 72.6 Å². The van der Waals surface area contributed by atoms with Crippen molar-refractivity contribution >= 4 is 50.7 Å². The summed E-state index contributed by atoms with van der Waals surface area (Å²) < 4.78 is 42.5. The van der Waals surface area contributed by atoms with Gasteiger partial charge in [0.25, 0.3) is 10.0 Å². The van der Waals surface area contributed by atoms with Gasteiger partial charge >= 0.3 is 0 Å². The van der Waals surface area contributed by atoms with Crippen LogP contribution < -0.4 is 9.62 Å². The van der Waals surface area contributed by atoms with Crippen molar-refractivity contribution < 1.29 is 22.4 Å². The van der Waals surface area contributed by atoms with E-state index in [1.807, 2.05) is 30.3 Å². The van der Waals surface area contributed by atoms with Crippen LogP contribution in [0, 0.1) is 5.82 Å². The summed E-state index contributed by atoms with van der Waals surface area (Å²) in [5.74, 6) is -1.55. The van der Waals surface area contributed by atoms with Gasteiger partial charge in [-0.1, -0.05) is 71.7 Å². The third-order valence-electron chi connectivity index (χ3n) is 6.56. The molecule has 4 aromatic carbocycles. The van der Waals surface area contributed by atoms with Gasteiger partial charge in [-0.3, -0.25) is 13.9 Å². The van der Waals surface area contributed by atoms with Gasteiger partial charge in [-0.15, -0.1) is 0 Å². The molecular weight excluding hydrogens is 600 g/mol. The Kier molecular flexibility index (Phi) is 10.2. The normalized spacial score (nSPS) is 11.9. The number of hydrogen-bond acceptors (Lipinski definition) is 4. The molecule has 42 heavy (non-hydrogen) atoms. The maximum absolute atomic E-state index is 14.2. The maximum atomic E-state index is 14.2. The monoisotopic (exact) mass is 627 g/mol. The van der Waals surface area contributed by atoms with Crippen LogP contribution in [0.15, 0.2) is 108 Å². The Labute approximate surface area is 254 Å². The van der Waals surface area contributed by atoms with Crippen LogP contribution >= 0.6 is 23.2 Å². The Hall–Kier alpha value is -3.92. The van der Waals surface area contributed by atoms with E-state index in [-0.39, 0.29) is 28.6 Å². The number of anilines is 1. The van der Waals surface area contributed by atoms with Crippen LogP contribution in [-0.2, 0) is 32.6 Å². The highest BCUT2D eigenvalue weighted by molar-refractivity contribution is 7.92. The minimum absolute atomic E-state index is 0.0750. The highest BCUT2D eigenvalue weighted by atomic mass is 35.5. The van der Waals surface area contributed by atoms with E-state index in [9.17, 15) is 22.4 Å². The Morgan fingerprint density at radius 1 is 0.833 bits per heavy atom. The van der Waals surface area contributed by atoms with Crippen molar-refractivity contribution in [3.63, 3.8) is 0 Å². The van der Waals surface area contributed by atoms with Gasteiger partial charge in [0.15, 0.2) is 0 Å². The molecule has 0 unspecified atom stereocenters. The molecule has 0 aliphatic heterocycles. The number of benzene rings is 4. The number of halogens is 3. The number of carbonyl (C=O) groups excluding carboxylic acids is 2. The topological polar surface area (TPSA) is 86.8 Å². The number of sulfonamides is 1. The molecule has 0 heterocycles. The fraction of sp³-hybridized carbons (Fsp3) is 0.161. The largest absolute Gasteiger partial charge is 0.357 e. The molecule has 218 valence electrons. The lowest BCUT2D eigenvalue weighted by molar-refractivity contribution is -0.139. The first-order valence-corrected chi connectivity index (χ1v) is 15.1. The zero-order valence-corrected chi connectivity index (χ0v) is 24.9. The fourth-order valence-corrected chi connectivity index (χ4v) is 6.12. The molecule has 0 saturated carbocycles. The average molecular weight is 629 g/mol. The Morgan fingerprint density at radius 3 is 2.12 bits per heavy atom. The molecule has 0 aliphatic carbocycles. The van der Waals surface area contributed by atoms with Gasteiger partial charge in [0.2, 0.25) is 11.8 Å². The Morgan fingerprint density at radius 2 is 1.50 bits per heavy atom. The van der Waals surface area contributed by atoms with Gasteiger partial charge in [-0.05, 0) is 65.7 Å². The summed E-state index contributed by atoms with van der Waals surface area (Å²) in [6, 6.07) is 25.4. The summed E-state index contributed by atoms with van der Waals surface area (Å²) >= 11 is 12.2. The van der Waals surface area contributed by atoms with Gasteiger partial charge in [0.1, 0.15) is 18.4 Å². The molecule has 7 nitrogen and oxygen atoms in total. The van der Waals surface area contributed by atoms with Crippen molar-refractivity contribution in [3.8, 4) is 0 Å². The minimum Gasteiger partial charge on any atom is -0.357 e. The zero-order valence-electron chi connectivity index (χ0n) is 22.6. The number of hydrogen-bond donors (Lipinski definition) is 1. The SMILES string of the molecule is CNC(=O)[C@@H](Cc1ccccc1)N(Cc1ccc(F)cc1)C(=O)CN(c1cccc(Cl)c1)S(=O)(=O)c1ccc(Cl)cc1. The number of nitrogens with zero attached hydrogens (tertiary/aromatic N) is 2. The molecule has 0 saturated heterocycles. The molecule has 0 aromatic heterocycles. The standard InChI is InChI=1S/C31H28Cl2FN3O4S/c1-35-31(39)29(18-22-6-3-2-4-7-22)36(20-23-10-14-26(34)15-11-23)30(38)21-37(27-9-5-8-25(33)19-27)42(40,41)28-16-12-24(32)13-17-28/h2-17,19,29H,18,20-21H2,1H3,(H,35,39)/t29-/m1/s1. The van der Waals surface area contributed by atoms with E-state index < -0.39 is 40.2 Å². The number of carbonyl (C=O) groups is 2. The molecule has 0 bridgehead atoms. The van der Waals surface area contributed by atoms with Crippen LogP contribution in [0.4, 0.5) is 10.1 Å². The fourth-order valence-electron chi connectivity index (χ4n) is 4.40. The summed E-state index contributed by atoms with van der Waals surface area (Å²) in [4.78, 5) is 28.6. The van der Waals surface area contributed by atoms with Gasteiger partial charge < -0.3 is 10.2 Å². The van der Waals surface area contributed by atoms with E-state index in [0.717, 1.165) is 9.87 Å². The van der Waals surface area contributed by atoms with Crippen molar-refractivity contribution in [3.05, 3.63) is 130 Å². The van der Waals surface area contributed by atoms with Crippen molar-refractivity contribution in [1.82, 2.24) is 10.2 Å². The van der Waals surface area contributed by atoms with Crippen LogP contribution in [0.1, 0.15) is 11.1 Å². The molecule has 0 aliphatic rings. The lowest BCUT2D eigenvalue weighted by Crippen LogP contribution is -2.53. The number of amides is 2. The van der Waals surface area contributed by atoms with Gasteiger partial charge in [-0.25, -0.2) is 12.8 Å². The van der Waals surface area contributed by atoms with Crippen LogP contribution in [0.3, 0.4) is 0 Å². The first-order chi connectivity index (χ1) is 20.1. The molecular formula is C31H28Cl2FN3O4S. The second-order valence-corrected chi connectivity index (χ2v) is 12.1. The lowest BCUT2D eigenvalue weighted by atomic mass is 10.0. The number of rotatable bonds is 11. The van der Waals surface area contributed by atoms with Gasteiger partial charge in [0.05, 0.1) is 10.6 Å². The zero-order chi connectivity index (χ0) is 30.3. The molecule has 4 rings (SSSR count). The Balaban J connectivity index is 1.78. The molecule has 0 spiro atoms. The average Bonchev–Trinajstić information content (AvgIpc) is 2.98. The molecule has 0 fully saturated rings. The minimum atomic E-state index is -4.29. The summed E-state index contributed by atoms with van der Waals surface area (Å²) in [5.41, 5.74) is 1.51. The van der Waals surface area contributed by atoms with Crippen molar-refractivity contribution in [2.45, 2.75) is 23.9 Å². The first kappa shape index (κ1) is 31.0. The maximum Gasteiger partial charge on any atom is 0.264 e. The van der Waals surface area contributed by atoms with E-state index in [0.29, 0.717) is 10.6 Å². The van der Waals surface area contributed by atoms with Crippen molar-refractivity contribution in [2.75, 3.05) is 17.9 Å². The molecule has 1 atom stereocenters. The van der Waals surface area contributed by atoms with Crippen LogP contribution in [0.25, 0.3) is 0 Å². The number of nitrogens with one attached hydrogen (secondary N) is 1. The molecule has 2 amide bonds. The summed E-state index contributed by atoms with van der Waals surface area (Å²) in [5, 5.41) is 3.23. The predicted molar refractivity (Wildman–Crippen MR) is 162 cm³/mol. The lowest BCUT2D eigenvalue weighted by Gasteiger charge is -2.33. The molecule has 11 heteroatoms. The van der Waals surface area contributed by atoms with Gasteiger partial charge in [0, 0.05) is 30.1 Å². The van der Waals surface area contributed by atoms with E-state index in [1.54, 1.807) is 12.1 Å². The number of likely N-dealkylation sites (N-methyl/N-ethyl adjacent to an activating group) is 1. The summed E-state index contributed by atoms with van der Waals surface area (Å²) in [7, 11) is -2.82. The third-order valence-corrected chi connectivity index (χ3v) is 8.84. The smallest absolute Gasteiger partial charge is 0.264 e. The quantitative estimate of drug-likeness (QED) is 0.231. The molecule has 0 radical (unpaired) electrons. The van der Waals surface area contributed by atoms with Crippen molar-refractivity contribution in [1.29, 1.82) is 0 Å². The summed E-state index contributed by atoms with van der Waals surface area (Å²) in [6.45, 7) is -0.719. The van der Waals surface area contributed by atoms with Crippen LogP contribution in [0.2, 0.25) is 10.0 Å². The first-order valence-electron chi connectivity index (χ1n) is 12.9. The second kappa shape index (κ2) is 13.8.